The number of alkyl halides is 1. The van der Waals surface area contributed by atoms with Crippen molar-refractivity contribution >= 4 is 11.6 Å². The molecule has 0 saturated heterocycles. The normalized spacial score (nSPS) is 13.2. The van der Waals surface area contributed by atoms with Gasteiger partial charge in [-0.15, -0.1) is 11.6 Å². The van der Waals surface area contributed by atoms with Crippen molar-refractivity contribution in [3.05, 3.63) is 0 Å². The van der Waals surface area contributed by atoms with E-state index in [9.17, 15) is 0 Å². The van der Waals surface area contributed by atoms with Gasteiger partial charge in [0, 0.05) is 19.0 Å². The molecule has 1 atom stereocenters. The van der Waals surface area contributed by atoms with Crippen LogP contribution in [-0.2, 0) is 4.74 Å². The fraction of sp³-hybridized carbons (Fsp3) is 1.00. The highest BCUT2D eigenvalue weighted by Gasteiger charge is 2.03. The Morgan fingerprint density at radius 1 is 1.42 bits per heavy atom. The third-order valence-electron chi connectivity index (χ3n) is 1.77. The molecule has 1 unspecified atom stereocenters. The smallest absolute Gasteiger partial charge is 0.0627 e. The van der Waals surface area contributed by atoms with Crippen LogP contribution in [0.5, 0.6) is 0 Å². The summed E-state index contributed by atoms with van der Waals surface area (Å²) in [5.41, 5.74) is 0. The summed E-state index contributed by atoms with van der Waals surface area (Å²) >= 11 is 5.72. The summed E-state index contributed by atoms with van der Waals surface area (Å²) in [5.74, 6) is 0.625. The maximum atomic E-state index is 5.72. The van der Waals surface area contributed by atoms with Crippen LogP contribution >= 0.6 is 11.6 Å². The molecule has 2 nitrogen and oxygen atoms in total. The Bertz CT molecular complexity index is 90.6. The molecule has 0 aromatic heterocycles. The third-order valence-corrected chi connectivity index (χ3v) is 2.14. The first-order chi connectivity index (χ1) is 5.85. The third kappa shape index (κ3) is 6.89. The first-order valence-electron chi connectivity index (χ1n) is 4.63. The molecule has 0 heterocycles. The van der Waals surface area contributed by atoms with Crippen molar-refractivity contribution in [1.29, 1.82) is 0 Å². The Kier molecular flexibility index (Phi) is 9.46. The first kappa shape index (κ1) is 12.2. The molecule has 0 spiro atoms. The van der Waals surface area contributed by atoms with Gasteiger partial charge in [0.15, 0.2) is 0 Å². The minimum atomic E-state index is 0.313. The number of unbranched alkanes of at least 4 members (excludes halogenated alkanes) is 2. The van der Waals surface area contributed by atoms with Crippen LogP contribution in [0.3, 0.4) is 0 Å². The monoisotopic (exact) mass is 193 g/mol. The number of rotatable bonds is 8. The van der Waals surface area contributed by atoms with Crippen LogP contribution < -0.4 is 5.32 Å². The van der Waals surface area contributed by atoms with E-state index in [1.165, 1.54) is 19.3 Å². The van der Waals surface area contributed by atoms with E-state index in [1.807, 2.05) is 0 Å². The molecule has 0 bridgehead atoms. The summed E-state index contributed by atoms with van der Waals surface area (Å²) in [5, 5.41) is 3.35. The second kappa shape index (κ2) is 9.30. The maximum Gasteiger partial charge on any atom is 0.0627 e. The lowest BCUT2D eigenvalue weighted by Crippen LogP contribution is -2.35. The van der Waals surface area contributed by atoms with Crippen LogP contribution in [0.1, 0.15) is 26.2 Å². The number of halogens is 1. The van der Waals surface area contributed by atoms with Crippen LogP contribution in [-0.4, -0.2) is 32.2 Å². The van der Waals surface area contributed by atoms with Crippen molar-refractivity contribution in [2.45, 2.75) is 32.2 Å². The zero-order chi connectivity index (χ0) is 9.23. The summed E-state index contributed by atoms with van der Waals surface area (Å²) in [6.45, 7) is 3.96. The molecule has 0 amide bonds. The van der Waals surface area contributed by atoms with Crippen molar-refractivity contribution in [2.24, 2.45) is 0 Å². The van der Waals surface area contributed by atoms with Gasteiger partial charge in [-0.05, 0) is 13.0 Å². The molecule has 74 valence electrons. The Morgan fingerprint density at radius 3 is 2.67 bits per heavy atom. The molecule has 0 fully saturated rings. The molecule has 0 aliphatic carbocycles. The van der Waals surface area contributed by atoms with Gasteiger partial charge in [0.1, 0.15) is 0 Å². The minimum Gasteiger partial charge on any atom is -0.383 e. The molecule has 0 aromatic rings. The Morgan fingerprint density at radius 2 is 2.17 bits per heavy atom. The largest absolute Gasteiger partial charge is 0.383 e. The van der Waals surface area contributed by atoms with E-state index in [4.69, 9.17) is 16.3 Å². The lowest BCUT2D eigenvalue weighted by Gasteiger charge is -2.14. The molecule has 0 aromatic carbocycles. The number of nitrogens with one attached hydrogen (secondary N) is 1. The molecule has 0 saturated carbocycles. The zero-order valence-corrected chi connectivity index (χ0v) is 8.86. The Hall–Kier alpha value is 0.210. The number of ether oxygens (including phenoxy) is 1. The Balaban J connectivity index is 3.19. The Labute approximate surface area is 80.6 Å². The summed E-state index contributed by atoms with van der Waals surface area (Å²) < 4.78 is 5.00. The maximum absolute atomic E-state index is 5.72. The van der Waals surface area contributed by atoms with Crippen LogP contribution in [0.25, 0.3) is 0 Å². The van der Waals surface area contributed by atoms with E-state index in [-0.39, 0.29) is 0 Å². The first-order valence-corrected chi connectivity index (χ1v) is 5.16. The van der Waals surface area contributed by atoms with Crippen molar-refractivity contribution < 1.29 is 4.74 Å². The molecular formula is C9H20ClNO. The second-order valence-electron chi connectivity index (χ2n) is 2.97. The molecule has 0 rings (SSSR count). The topological polar surface area (TPSA) is 21.3 Å². The molecule has 3 heteroatoms. The van der Waals surface area contributed by atoms with Crippen LogP contribution in [0.4, 0.5) is 0 Å². The van der Waals surface area contributed by atoms with Crippen molar-refractivity contribution in [1.82, 2.24) is 5.32 Å². The number of hydrogen-bond acceptors (Lipinski definition) is 2. The van der Waals surface area contributed by atoms with E-state index in [1.54, 1.807) is 7.11 Å². The van der Waals surface area contributed by atoms with Gasteiger partial charge >= 0.3 is 0 Å². The van der Waals surface area contributed by atoms with Gasteiger partial charge in [0.25, 0.3) is 0 Å². The lowest BCUT2D eigenvalue weighted by atomic mass is 10.2. The van der Waals surface area contributed by atoms with Gasteiger partial charge in [0.05, 0.1) is 6.61 Å². The van der Waals surface area contributed by atoms with Crippen LogP contribution in [0.2, 0.25) is 0 Å². The fourth-order valence-corrected chi connectivity index (χ4v) is 1.24. The van der Waals surface area contributed by atoms with Crippen molar-refractivity contribution in [3.8, 4) is 0 Å². The van der Waals surface area contributed by atoms with Crippen molar-refractivity contribution in [3.63, 3.8) is 0 Å². The average Bonchev–Trinajstić information content (AvgIpc) is 2.10. The van der Waals surface area contributed by atoms with E-state index in [2.05, 4.69) is 12.2 Å². The predicted molar refractivity (Wildman–Crippen MR) is 53.9 cm³/mol. The van der Waals surface area contributed by atoms with E-state index >= 15 is 0 Å². The van der Waals surface area contributed by atoms with Gasteiger partial charge in [-0.1, -0.05) is 19.8 Å². The standard InChI is InChI=1S/C9H20ClNO/c1-3-4-5-6-11-9(7-10)8-12-2/h9,11H,3-8H2,1-2H3. The zero-order valence-electron chi connectivity index (χ0n) is 8.11. The number of hydrogen-bond donors (Lipinski definition) is 1. The summed E-state index contributed by atoms with van der Waals surface area (Å²) in [6, 6.07) is 0.313. The van der Waals surface area contributed by atoms with Gasteiger partial charge in [0.2, 0.25) is 0 Å². The summed E-state index contributed by atoms with van der Waals surface area (Å²) in [4.78, 5) is 0. The van der Waals surface area contributed by atoms with Gasteiger partial charge in [-0.25, -0.2) is 0 Å². The van der Waals surface area contributed by atoms with E-state index in [0.717, 1.165) is 6.54 Å². The van der Waals surface area contributed by atoms with Crippen LogP contribution in [0, 0.1) is 0 Å². The minimum absolute atomic E-state index is 0.313. The predicted octanol–water partition coefficient (Wildman–Crippen LogP) is 2.02. The summed E-state index contributed by atoms with van der Waals surface area (Å²) in [7, 11) is 1.70. The highest BCUT2D eigenvalue weighted by molar-refractivity contribution is 6.18. The van der Waals surface area contributed by atoms with Crippen LogP contribution in [0.15, 0.2) is 0 Å². The van der Waals surface area contributed by atoms with Crippen molar-refractivity contribution in [2.75, 3.05) is 26.1 Å². The molecule has 0 aliphatic heterocycles. The van der Waals surface area contributed by atoms with E-state index < -0.39 is 0 Å². The second-order valence-corrected chi connectivity index (χ2v) is 3.28. The molecule has 0 aliphatic rings. The number of methoxy groups -OCH3 is 1. The fourth-order valence-electron chi connectivity index (χ4n) is 1.04. The molecule has 1 N–H and O–H groups in total. The highest BCUT2D eigenvalue weighted by Crippen LogP contribution is 1.94. The molecule has 0 radical (unpaired) electrons. The van der Waals surface area contributed by atoms with Gasteiger partial charge < -0.3 is 10.1 Å². The SMILES string of the molecule is CCCCCNC(CCl)COC. The average molecular weight is 194 g/mol. The lowest BCUT2D eigenvalue weighted by molar-refractivity contribution is 0.173. The molecular weight excluding hydrogens is 174 g/mol. The highest BCUT2D eigenvalue weighted by atomic mass is 35.5. The summed E-state index contributed by atoms with van der Waals surface area (Å²) in [6.07, 6.45) is 3.78. The van der Waals surface area contributed by atoms with Gasteiger partial charge in [-0.3, -0.25) is 0 Å². The quantitative estimate of drug-likeness (QED) is 0.471. The van der Waals surface area contributed by atoms with Gasteiger partial charge in [-0.2, -0.15) is 0 Å². The van der Waals surface area contributed by atoms with E-state index in [0.29, 0.717) is 18.5 Å². The molecule has 12 heavy (non-hydrogen) atoms.